The molecule has 1 heterocycles. The summed E-state index contributed by atoms with van der Waals surface area (Å²) in [6, 6.07) is 14.3. The van der Waals surface area contributed by atoms with Gasteiger partial charge in [-0.1, -0.05) is 23.7 Å². The molecule has 6 nitrogen and oxygen atoms in total. The highest BCUT2D eigenvalue weighted by atomic mass is 35.5. The molecule has 1 fully saturated rings. The van der Waals surface area contributed by atoms with E-state index in [-0.39, 0.29) is 11.9 Å². The van der Waals surface area contributed by atoms with E-state index in [1.54, 1.807) is 31.2 Å². The normalized spacial score (nSPS) is 14.1. The number of benzene rings is 2. The van der Waals surface area contributed by atoms with Gasteiger partial charge in [0.1, 0.15) is 0 Å². The summed E-state index contributed by atoms with van der Waals surface area (Å²) in [5, 5.41) is 6.15. The zero-order chi connectivity index (χ0) is 18.5. The first-order valence-electron chi connectivity index (χ1n) is 8.45. The highest BCUT2D eigenvalue weighted by Gasteiger charge is 2.19. The zero-order valence-electron chi connectivity index (χ0n) is 14.5. The zero-order valence-corrected chi connectivity index (χ0v) is 15.3. The summed E-state index contributed by atoms with van der Waals surface area (Å²) in [7, 11) is 0. The monoisotopic (exact) mass is 372 g/mol. The van der Waals surface area contributed by atoms with E-state index in [9.17, 15) is 9.59 Å². The van der Waals surface area contributed by atoms with Gasteiger partial charge < -0.3 is 20.4 Å². The van der Waals surface area contributed by atoms with E-state index < -0.39 is 0 Å². The van der Waals surface area contributed by atoms with E-state index in [0.29, 0.717) is 29.5 Å². The molecular weight excluding hydrogens is 352 g/mol. The Kier molecular flexibility index (Phi) is 5.63. The van der Waals surface area contributed by atoms with Crippen LogP contribution in [-0.2, 0) is 4.79 Å². The van der Waals surface area contributed by atoms with Crippen molar-refractivity contribution >= 4 is 40.6 Å². The minimum absolute atomic E-state index is 0.109. The van der Waals surface area contributed by atoms with E-state index in [2.05, 4.69) is 15.5 Å². The molecule has 2 aromatic rings. The van der Waals surface area contributed by atoms with Gasteiger partial charge in [0.25, 0.3) is 0 Å². The lowest BCUT2D eigenvalue weighted by atomic mass is 10.2. The van der Waals surface area contributed by atoms with Crippen LogP contribution >= 0.6 is 11.6 Å². The molecule has 0 spiro atoms. The predicted octanol–water partition coefficient (Wildman–Crippen LogP) is 3.65. The van der Waals surface area contributed by atoms with Crippen molar-refractivity contribution < 1.29 is 9.59 Å². The average molecular weight is 373 g/mol. The van der Waals surface area contributed by atoms with Crippen LogP contribution < -0.4 is 15.5 Å². The van der Waals surface area contributed by atoms with E-state index in [1.807, 2.05) is 29.2 Å². The fourth-order valence-corrected chi connectivity index (χ4v) is 3.11. The molecule has 1 aliphatic heterocycles. The second-order valence-corrected chi connectivity index (χ2v) is 6.57. The number of hydrogen-bond acceptors (Lipinski definition) is 3. The minimum atomic E-state index is -0.328. The van der Waals surface area contributed by atoms with Crippen LogP contribution in [0.3, 0.4) is 0 Å². The number of urea groups is 1. The van der Waals surface area contributed by atoms with Crippen molar-refractivity contribution in [2.24, 2.45) is 0 Å². The first-order chi connectivity index (χ1) is 12.5. The van der Waals surface area contributed by atoms with E-state index >= 15 is 0 Å². The van der Waals surface area contributed by atoms with Crippen molar-refractivity contribution in [3.05, 3.63) is 53.6 Å². The van der Waals surface area contributed by atoms with Crippen molar-refractivity contribution in [1.29, 1.82) is 0 Å². The van der Waals surface area contributed by atoms with Gasteiger partial charge in [-0.25, -0.2) is 4.79 Å². The van der Waals surface area contributed by atoms with Crippen molar-refractivity contribution in [2.45, 2.75) is 6.92 Å². The lowest BCUT2D eigenvalue weighted by Gasteiger charge is -2.35. The van der Waals surface area contributed by atoms with Gasteiger partial charge in [-0.3, -0.25) is 4.79 Å². The van der Waals surface area contributed by atoms with E-state index in [4.69, 9.17) is 11.6 Å². The van der Waals surface area contributed by atoms with Crippen LogP contribution in [0.4, 0.5) is 21.9 Å². The summed E-state index contributed by atoms with van der Waals surface area (Å²) in [6.45, 7) is 4.57. The van der Waals surface area contributed by atoms with Gasteiger partial charge >= 0.3 is 6.03 Å². The maximum Gasteiger partial charge on any atom is 0.323 e. The fraction of sp³-hybridized carbons (Fsp3) is 0.263. The summed E-state index contributed by atoms with van der Waals surface area (Å²) in [6.07, 6.45) is 0. The van der Waals surface area contributed by atoms with Crippen molar-refractivity contribution in [2.75, 3.05) is 41.7 Å². The number of amides is 3. The molecule has 0 unspecified atom stereocenters. The fourth-order valence-electron chi connectivity index (χ4n) is 2.92. The Morgan fingerprint density at radius 1 is 0.923 bits per heavy atom. The topological polar surface area (TPSA) is 64.7 Å². The maximum atomic E-state index is 12.2. The molecule has 0 bridgehead atoms. The lowest BCUT2D eigenvalue weighted by molar-refractivity contribution is -0.129. The second-order valence-electron chi connectivity index (χ2n) is 6.13. The van der Waals surface area contributed by atoms with Gasteiger partial charge in [0.2, 0.25) is 5.91 Å². The maximum absolute atomic E-state index is 12.2. The SMILES string of the molecule is CC(=O)N1CCN(c2cccc(NC(=O)Nc3cccc(Cl)c3)c2)CC1. The predicted molar refractivity (Wildman–Crippen MR) is 105 cm³/mol. The first-order valence-corrected chi connectivity index (χ1v) is 8.83. The summed E-state index contributed by atoms with van der Waals surface area (Å²) >= 11 is 5.92. The highest BCUT2D eigenvalue weighted by Crippen LogP contribution is 2.21. The summed E-state index contributed by atoms with van der Waals surface area (Å²) in [5.41, 5.74) is 2.36. The van der Waals surface area contributed by atoms with Crippen LogP contribution in [0.5, 0.6) is 0 Å². The number of anilines is 3. The third-order valence-electron chi connectivity index (χ3n) is 4.28. The third-order valence-corrected chi connectivity index (χ3v) is 4.51. The Hall–Kier alpha value is -2.73. The van der Waals surface area contributed by atoms with Crippen LogP contribution in [0.1, 0.15) is 6.92 Å². The van der Waals surface area contributed by atoms with Gasteiger partial charge in [0.05, 0.1) is 0 Å². The standard InChI is InChI=1S/C19H21ClN4O2/c1-14(25)23-8-10-24(11-9-23)18-7-3-6-17(13-18)22-19(26)21-16-5-2-4-15(20)12-16/h2-7,12-13H,8-11H2,1H3,(H2,21,22,26). The Morgan fingerprint density at radius 3 is 2.15 bits per heavy atom. The number of nitrogens with one attached hydrogen (secondary N) is 2. The third kappa shape index (κ3) is 4.67. The molecular formula is C19H21ClN4O2. The van der Waals surface area contributed by atoms with Crippen molar-refractivity contribution in [3.8, 4) is 0 Å². The van der Waals surface area contributed by atoms with Crippen LogP contribution in [-0.4, -0.2) is 43.0 Å². The van der Waals surface area contributed by atoms with Crippen molar-refractivity contribution in [1.82, 2.24) is 4.90 Å². The van der Waals surface area contributed by atoms with Crippen molar-refractivity contribution in [3.63, 3.8) is 0 Å². The number of nitrogens with zero attached hydrogens (tertiary/aromatic N) is 2. The summed E-state index contributed by atoms with van der Waals surface area (Å²) < 4.78 is 0. The van der Waals surface area contributed by atoms with Gasteiger partial charge in [-0.05, 0) is 36.4 Å². The molecule has 1 aliphatic rings. The molecule has 3 amide bonds. The van der Waals surface area contributed by atoms with Gasteiger partial charge in [0.15, 0.2) is 0 Å². The second kappa shape index (κ2) is 8.10. The van der Waals surface area contributed by atoms with Gasteiger partial charge in [-0.15, -0.1) is 0 Å². The molecule has 2 aromatic carbocycles. The molecule has 2 N–H and O–H groups in total. The number of rotatable bonds is 3. The number of carbonyl (C=O) groups is 2. The average Bonchev–Trinajstić information content (AvgIpc) is 2.62. The Balaban J connectivity index is 1.60. The Morgan fingerprint density at radius 2 is 1.54 bits per heavy atom. The van der Waals surface area contributed by atoms with E-state index in [1.165, 1.54) is 0 Å². The van der Waals surface area contributed by atoms with Crippen LogP contribution in [0.15, 0.2) is 48.5 Å². The molecule has 0 aromatic heterocycles. The molecule has 0 saturated carbocycles. The molecule has 0 radical (unpaired) electrons. The Bertz CT molecular complexity index is 804. The number of carbonyl (C=O) groups excluding carboxylic acids is 2. The molecule has 136 valence electrons. The summed E-state index contributed by atoms with van der Waals surface area (Å²) in [4.78, 5) is 27.7. The van der Waals surface area contributed by atoms with E-state index in [0.717, 1.165) is 18.8 Å². The minimum Gasteiger partial charge on any atom is -0.368 e. The quantitative estimate of drug-likeness (QED) is 0.864. The molecule has 3 rings (SSSR count). The molecule has 26 heavy (non-hydrogen) atoms. The van der Waals surface area contributed by atoms with Gasteiger partial charge in [-0.2, -0.15) is 0 Å². The van der Waals surface area contributed by atoms with Crippen LogP contribution in [0.2, 0.25) is 5.02 Å². The van der Waals surface area contributed by atoms with Crippen LogP contribution in [0.25, 0.3) is 0 Å². The Labute approximate surface area is 157 Å². The van der Waals surface area contributed by atoms with Crippen LogP contribution in [0, 0.1) is 0 Å². The highest BCUT2D eigenvalue weighted by molar-refractivity contribution is 6.30. The van der Waals surface area contributed by atoms with Gasteiger partial charge in [0, 0.05) is 55.2 Å². The smallest absolute Gasteiger partial charge is 0.323 e. The molecule has 0 aliphatic carbocycles. The summed E-state index contributed by atoms with van der Waals surface area (Å²) in [5.74, 6) is 0.109. The lowest BCUT2D eigenvalue weighted by Crippen LogP contribution is -2.48. The largest absolute Gasteiger partial charge is 0.368 e. The molecule has 1 saturated heterocycles. The molecule has 0 atom stereocenters. The first kappa shape index (κ1) is 18.1. The number of piperazine rings is 1. The number of halogens is 1. The number of hydrogen-bond donors (Lipinski definition) is 2. The molecule has 7 heteroatoms.